The molecule has 2 rings (SSSR count). The summed E-state index contributed by atoms with van der Waals surface area (Å²) >= 11 is 0. The maximum absolute atomic E-state index is 12.4. The molecule has 0 aliphatic carbocycles. The molecule has 160 valence electrons. The molecular formula is C24H30ClN4O-. The summed E-state index contributed by atoms with van der Waals surface area (Å²) in [7, 11) is 0. The number of amides is 1. The highest BCUT2D eigenvalue weighted by Gasteiger charge is 2.10. The van der Waals surface area contributed by atoms with Gasteiger partial charge in [-0.25, -0.2) is 0 Å². The molecule has 0 radical (unpaired) electrons. The summed E-state index contributed by atoms with van der Waals surface area (Å²) in [5, 5.41) is 15.3. The molecule has 0 fully saturated rings. The van der Waals surface area contributed by atoms with Crippen LogP contribution < -0.4 is 27.9 Å². The van der Waals surface area contributed by atoms with Crippen LogP contribution in [0.2, 0.25) is 0 Å². The van der Waals surface area contributed by atoms with Gasteiger partial charge in [-0.2, -0.15) is 5.26 Å². The second kappa shape index (κ2) is 11.9. The van der Waals surface area contributed by atoms with E-state index in [9.17, 15) is 10.1 Å². The van der Waals surface area contributed by atoms with Crippen molar-refractivity contribution in [2.45, 2.75) is 40.5 Å². The molecule has 1 amide bonds. The Morgan fingerprint density at radius 1 is 1.13 bits per heavy atom. The number of carbonyl (C=O) groups excluding carboxylic acids is 1. The zero-order valence-corrected chi connectivity index (χ0v) is 19.0. The van der Waals surface area contributed by atoms with Crippen LogP contribution in [0.15, 0.2) is 54.2 Å². The van der Waals surface area contributed by atoms with Crippen LogP contribution in [0.1, 0.15) is 44.7 Å². The summed E-state index contributed by atoms with van der Waals surface area (Å²) < 4.78 is 0. The molecule has 5 nitrogen and oxygen atoms in total. The zero-order chi connectivity index (χ0) is 21.4. The normalized spacial score (nSPS) is 10.8. The average Bonchev–Trinajstić information content (AvgIpc) is 2.71. The number of nitrogens with zero attached hydrogens (tertiary/aromatic N) is 2. The summed E-state index contributed by atoms with van der Waals surface area (Å²) in [5.41, 5.74) is 4.95. The van der Waals surface area contributed by atoms with Gasteiger partial charge >= 0.3 is 0 Å². The van der Waals surface area contributed by atoms with Crippen LogP contribution >= 0.6 is 0 Å². The highest BCUT2D eigenvalue weighted by atomic mass is 35.5. The molecule has 0 unspecified atom stereocenters. The molecule has 2 N–H and O–H groups in total. The van der Waals surface area contributed by atoms with E-state index in [1.807, 2.05) is 49.4 Å². The average molecular weight is 426 g/mol. The maximum atomic E-state index is 12.4. The van der Waals surface area contributed by atoms with Gasteiger partial charge in [-0.05, 0) is 68.1 Å². The number of hydrogen-bond donors (Lipinski definition) is 2. The molecule has 0 saturated heterocycles. The third-order valence-corrected chi connectivity index (χ3v) is 4.91. The number of nitriles is 1. The molecule has 2 aromatic carbocycles. The van der Waals surface area contributed by atoms with Crippen molar-refractivity contribution in [2.24, 2.45) is 0 Å². The van der Waals surface area contributed by atoms with Gasteiger partial charge in [0.1, 0.15) is 11.6 Å². The minimum Gasteiger partial charge on any atom is -1.00 e. The fourth-order valence-corrected chi connectivity index (χ4v) is 3.04. The van der Waals surface area contributed by atoms with Crippen LogP contribution in [0.4, 0.5) is 17.1 Å². The first kappa shape index (κ1) is 25.1. The van der Waals surface area contributed by atoms with Crippen LogP contribution in [-0.4, -0.2) is 19.0 Å². The lowest BCUT2D eigenvalue weighted by Gasteiger charge is -2.22. The molecule has 0 aromatic heterocycles. The van der Waals surface area contributed by atoms with Gasteiger partial charge in [0.05, 0.1) is 0 Å². The highest BCUT2D eigenvalue weighted by molar-refractivity contribution is 6.06. The van der Waals surface area contributed by atoms with E-state index in [1.54, 1.807) is 0 Å². The molecule has 0 aliphatic rings. The zero-order valence-electron chi connectivity index (χ0n) is 18.3. The Labute approximate surface area is 186 Å². The van der Waals surface area contributed by atoms with Crippen LogP contribution in [0.3, 0.4) is 0 Å². The molecule has 0 atom stereocenters. The van der Waals surface area contributed by atoms with Gasteiger partial charge in [-0.1, -0.05) is 26.0 Å². The Morgan fingerprint density at radius 2 is 1.77 bits per heavy atom. The predicted molar refractivity (Wildman–Crippen MR) is 121 cm³/mol. The van der Waals surface area contributed by atoms with Crippen molar-refractivity contribution in [1.29, 1.82) is 5.26 Å². The third kappa shape index (κ3) is 6.53. The number of nitrogens with one attached hydrogen (secondary N) is 2. The van der Waals surface area contributed by atoms with Gasteiger partial charge in [0.25, 0.3) is 5.91 Å². The van der Waals surface area contributed by atoms with E-state index in [0.29, 0.717) is 11.6 Å². The molecular weight excluding hydrogens is 396 g/mol. The largest absolute Gasteiger partial charge is 1.00 e. The number of rotatable bonds is 8. The van der Waals surface area contributed by atoms with Crippen molar-refractivity contribution < 1.29 is 17.2 Å². The van der Waals surface area contributed by atoms with Gasteiger partial charge in [-0.3, -0.25) is 4.79 Å². The highest BCUT2D eigenvalue weighted by Crippen LogP contribution is 2.23. The molecule has 0 saturated carbocycles. The number of halogens is 1. The molecule has 0 heterocycles. The van der Waals surface area contributed by atoms with Gasteiger partial charge in [0, 0.05) is 36.4 Å². The molecule has 0 spiro atoms. The molecule has 30 heavy (non-hydrogen) atoms. The minimum absolute atomic E-state index is 0. The number of carbonyl (C=O) groups is 1. The van der Waals surface area contributed by atoms with E-state index < -0.39 is 5.91 Å². The smallest absolute Gasteiger partial charge is 0.267 e. The predicted octanol–water partition coefficient (Wildman–Crippen LogP) is 2.43. The second-order valence-corrected chi connectivity index (χ2v) is 7.22. The summed E-state index contributed by atoms with van der Waals surface area (Å²) in [4.78, 5) is 14.7. The van der Waals surface area contributed by atoms with Crippen molar-refractivity contribution in [2.75, 3.05) is 28.6 Å². The fraction of sp³-hybridized carbons (Fsp3) is 0.333. The van der Waals surface area contributed by atoms with Crippen LogP contribution in [0, 0.1) is 18.3 Å². The number of anilines is 3. The van der Waals surface area contributed by atoms with Crippen LogP contribution in [-0.2, 0) is 4.79 Å². The summed E-state index contributed by atoms with van der Waals surface area (Å²) in [5.74, 6) is -0.00964. The first-order valence-corrected chi connectivity index (χ1v) is 10.0. The van der Waals surface area contributed by atoms with Gasteiger partial charge in [0.2, 0.25) is 0 Å². The Balaban J connectivity index is 0.00000450. The Kier molecular flexibility index (Phi) is 9.94. The topological polar surface area (TPSA) is 68.2 Å². The number of hydrogen-bond acceptors (Lipinski definition) is 4. The number of benzene rings is 2. The number of aryl methyl sites for hydroxylation is 1. The Hall–Kier alpha value is -2.97. The van der Waals surface area contributed by atoms with Crippen molar-refractivity contribution in [3.8, 4) is 6.07 Å². The van der Waals surface area contributed by atoms with Crippen LogP contribution in [0.5, 0.6) is 0 Å². The lowest BCUT2D eigenvalue weighted by atomic mass is 10.0. The van der Waals surface area contributed by atoms with Gasteiger partial charge in [0.15, 0.2) is 0 Å². The summed E-state index contributed by atoms with van der Waals surface area (Å²) in [6.45, 7) is 12.4. The molecule has 0 bridgehead atoms. The lowest BCUT2D eigenvalue weighted by molar-refractivity contribution is -0.112. The second-order valence-electron chi connectivity index (χ2n) is 7.22. The van der Waals surface area contributed by atoms with Crippen molar-refractivity contribution in [3.63, 3.8) is 0 Å². The lowest BCUT2D eigenvalue weighted by Crippen LogP contribution is -3.00. The molecule has 0 aliphatic heterocycles. The Bertz CT molecular complexity index is 910. The van der Waals surface area contributed by atoms with Gasteiger partial charge in [-0.15, -0.1) is 0 Å². The first-order valence-electron chi connectivity index (χ1n) is 10.0. The quantitative estimate of drug-likeness (QED) is 0.503. The minimum atomic E-state index is -0.435. The van der Waals surface area contributed by atoms with E-state index >= 15 is 0 Å². The summed E-state index contributed by atoms with van der Waals surface area (Å²) in [6.07, 6.45) is 1.46. The molecule has 6 heteroatoms. The monoisotopic (exact) mass is 425 g/mol. The van der Waals surface area contributed by atoms with E-state index in [0.717, 1.165) is 30.0 Å². The van der Waals surface area contributed by atoms with Gasteiger partial charge < -0.3 is 27.9 Å². The fourth-order valence-electron chi connectivity index (χ4n) is 3.04. The van der Waals surface area contributed by atoms with E-state index in [2.05, 4.69) is 49.3 Å². The van der Waals surface area contributed by atoms with Crippen LogP contribution in [0.25, 0.3) is 0 Å². The summed E-state index contributed by atoms with van der Waals surface area (Å²) in [6, 6.07) is 15.7. The van der Waals surface area contributed by atoms with E-state index in [4.69, 9.17) is 0 Å². The third-order valence-electron chi connectivity index (χ3n) is 4.91. The van der Waals surface area contributed by atoms with Crippen molar-refractivity contribution in [1.82, 2.24) is 0 Å². The first-order chi connectivity index (χ1) is 13.9. The van der Waals surface area contributed by atoms with Crippen molar-refractivity contribution >= 4 is 23.0 Å². The Morgan fingerprint density at radius 3 is 2.27 bits per heavy atom. The molecule has 2 aromatic rings. The van der Waals surface area contributed by atoms with E-state index in [1.165, 1.54) is 11.8 Å². The maximum Gasteiger partial charge on any atom is 0.267 e. The standard InChI is InChI=1S/C24H30N4O.ClH/c1-6-28(7-2)22-12-13-23(18(5)14-22)26-16-20(15-25)24(29)27-21-10-8-19(9-11-21)17(3)4;/h8-14,16-17,26H,6-7H2,1-5H3,(H,27,29);1H/p-1/b20-16-;. The van der Waals surface area contributed by atoms with E-state index in [-0.39, 0.29) is 18.0 Å². The van der Waals surface area contributed by atoms with Crippen molar-refractivity contribution in [3.05, 3.63) is 65.4 Å². The SMILES string of the molecule is CCN(CC)c1ccc(N/C=C(/C#N)C(=O)Nc2ccc(C(C)C)cc2)c(C)c1.[Cl-].